The molecule has 2 atom stereocenters. The van der Waals surface area contributed by atoms with Gasteiger partial charge in [0.1, 0.15) is 11.9 Å². The highest BCUT2D eigenvalue weighted by Crippen LogP contribution is 2.21. The van der Waals surface area contributed by atoms with Gasteiger partial charge < -0.3 is 20.9 Å². The maximum Gasteiger partial charge on any atom is 0.254 e. The first-order valence-corrected chi connectivity index (χ1v) is 11.4. The van der Waals surface area contributed by atoms with E-state index >= 15 is 0 Å². The van der Waals surface area contributed by atoms with Crippen molar-refractivity contribution in [2.45, 2.75) is 24.9 Å². The first-order valence-electron chi connectivity index (χ1n) is 9.99. The van der Waals surface area contributed by atoms with E-state index in [1.807, 2.05) is 30.5 Å². The van der Waals surface area contributed by atoms with Crippen LogP contribution in [0.5, 0.6) is 0 Å². The van der Waals surface area contributed by atoms with Gasteiger partial charge in [-0.05, 0) is 42.7 Å². The smallest absolute Gasteiger partial charge is 0.254 e. The lowest BCUT2D eigenvalue weighted by Crippen LogP contribution is -2.45. The van der Waals surface area contributed by atoms with Gasteiger partial charge in [0, 0.05) is 0 Å². The summed E-state index contributed by atoms with van der Waals surface area (Å²) in [5.74, 6) is 0.363. The Labute approximate surface area is 183 Å². The van der Waals surface area contributed by atoms with E-state index < -0.39 is 11.9 Å². The number of aromatic nitrogens is 2. The lowest BCUT2D eigenvalue weighted by Gasteiger charge is -2.19. The topological polar surface area (TPSA) is 116 Å². The van der Waals surface area contributed by atoms with Crippen molar-refractivity contribution in [1.29, 1.82) is 0 Å². The summed E-state index contributed by atoms with van der Waals surface area (Å²) in [7, 11) is 0. The number of nitrogens with one attached hydrogen (secondary N) is 4. The molecule has 0 fully saturated rings. The van der Waals surface area contributed by atoms with Gasteiger partial charge in [0.05, 0.1) is 34.7 Å². The number of nitrogens with zero attached hydrogens (tertiary/aromatic N) is 1. The Morgan fingerprint density at radius 3 is 2.74 bits per heavy atom. The molecule has 1 aliphatic heterocycles. The van der Waals surface area contributed by atoms with Crippen molar-refractivity contribution >= 4 is 46.2 Å². The van der Waals surface area contributed by atoms with Crippen LogP contribution in [0, 0.1) is 0 Å². The molecule has 31 heavy (non-hydrogen) atoms. The van der Waals surface area contributed by atoms with Gasteiger partial charge in [-0.1, -0.05) is 24.3 Å². The molecule has 0 saturated carbocycles. The number of benzene rings is 2. The quantitative estimate of drug-likeness (QED) is 0.453. The van der Waals surface area contributed by atoms with E-state index in [9.17, 15) is 14.4 Å². The number of hydrogen-bond acceptors (Lipinski definition) is 5. The fourth-order valence-electron chi connectivity index (χ4n) is 3.54. The number of rotatable bonds is 7. The number of carbonyl (C=O) groups is 3. The molecule has 0 spiro atoms. The van der Waals surface area contributed by atoms with Crippen molar-refractivity contribution in [3.63, 3.8) is 0 Å². The van der Waals surface area contributed by atoms with Crippen molar-refractivity contribution in [1.82, 2.24) is 20.6 Å². The minimum absolute atomic E-state index is 0.165. The van der Waals surface area contributed by atoms with Crippen molar-refractivity contribution in [3.8, 4) is 0 Å². The molecule has 160 valence electrons. The van der Waals surface area contributed by atoms with Crippen molar-refractivity contribution < 1.29 is 14.4 Å². The summed E-state index contributed by atoms with van der Waals surface area (Å²) in [6.45, 7) is 0. The molecule has 8 nitrogen and oxygen atoms in total. The molecule has 3 amide bonds. The summed E-state index contributed by atoms with van der Waals surface area (Å²) in [4.78, 5) is 45.7. The van der Waals surface area contributed by atoms with E-state index in [2.05, 4.69) is 25.9 Å². The molecule has 3 aromatic rings. The van der Waals surface area contributed by atoms with Crippen LogP contribution in [0.25, 0.3) is 11.0 Å². The third-order valence-corrected chi connectivity index (χ3v) is 5.77. The molecule has 0 bridgehead atoms. The van der Waals surface area contributed by atoms with Gasteiger partial charge in [-0.25, -0.2) is 4.98 Å². The lowest BCUT2D eigenvalue weighted by molar-refractivity contribution is -0.126. The number of fused-ring (bicyclic) bond motifs is 2. The van der Waals surface area contributed by atoms with E-state index in [-0.39, 0.29) is 24.3 Å². The van der Waals surface area contributed by atoms with Crippen LogP contribution in [-0.2, 0) is 9.59 Å². The number of hydrogen-bond donors (Lipinski definition) is 4. The van der Waals surface area contributed by atoms with Crippen LogP contribution < -0.4 is 16.0 Å². The number of amides is 3. The van der Waals surface area contributed by atoms with Gasteiger partial charge in [0.15, 0.2) is 0 Å². The van der Waals surface area contributed by atoms with Crippen LogP contribution in [-0.4, -0.2) is 45.7 Å². The Morgan fingerprint density at radius 1 is 1.16 bits per heavy atom. The van der Waals surface area contributed by atoms with Gasteiger partial charge in [0.2, 0.25) is 11.8 Å². The molecule has 1 aliphatic rings. The number of thioether (sulfide) groups is 1. The Kier molecular flexibility index (Phi) is 6.22. The summed E-state index contributed by atoms with van der Waals surface area (Å²) in [5.41, 5.74) is 2.54. The first kappa shape index (κ1) is 20.9. The number of para-hydroxylation sites is 3. The molecule has 1 aromatic heterocycles. The minimum atomic E-state index is -0.961. The summed E-state index contributed by atoms with van der Waals surface area (Å²) in [6.07, 6.45) is 2.52. The molecule has 0 aliphatic carbocycles. The molecular formula is C22H23N5O3S. The summed E-state index contributed by atoms with van der Waals surface area (Å²) in [5, 5.41) is 8.35. The maximum absolute atomic E-state index is 12.8. The van der Waals surface area contributed by atoms with Gasteiger partial charge >= 0.3 is 0 Å². The van der Waals surface area contributed by atoms with Gasteiger partial charge in [0.25, 0.3) is 5.91 Å². The zero-order valence-corrected chi connectivity index (χ0v) is 17.8. The highest BCUT2D eigenvalue weighted by molar-refractivity contribution is 7.98. The standard InChI is InChI=1S/C22H23N5O3S/c1-31-11-10-17(20-24-15-8-4-5-9-16(15)25-20)23-19(28)12-18-22(30)26-14-7-3-2-6-13(14)21(29)27-18/h2-9,17-18H,10-12H2,1H3,(H,23,28)(H,24,25)(H,26,30)(H,27,29)/t17-,18+/m0/s1. The number of aromatic amines is 1. The van der Waals surface area contributed by atoms with Crippen LogP contribution in [0.3, 0.4) is 0 Å². The predicted molar refractivity (Wildman–Crippen MR) is 121 cm³/mol. The summed E-state index contributed by atoms with van der Waals surface area (Å²) >= 11 is 1.68. The number of carbonyl (C=O) groups excluding carboxylic acids is 3. The van der Waals surface area contributed by atoms with Gasteiger partial charge in [-0.3, -0.25) is 14.4 Å². The fraction of sp³-hybridized carbons (Fsp3) is 0.273. The van der Waals surface area contributed by atoms with E-state index in [0.29, 0.717) is 23.5 Å². The largest absolute Gasteiger partial charge is 0.346 e. The van der Waals surface area contributed by atoms with Gasteiger partial charge in [-0.2, -0.15) is 11.8 Å². The Balaban J connectivity index is 1.47. The third-order valence-electron chi connectivity index (χ3n) is 5.12. The highest BCUT2D eigenvalue weighted by atomic mass is 32.2. The van der Waals surface area contributed by atoms with Crippen LogP contribution in [0.2, 0.25) is 0 Å². The number of anilines is 1. The molecule has 4 N–H and O–H groups in total. The summed E-state index contributed by atoms with van der Waals surface area (Å²) < 4.78 is 0. The third kappa shape index (κ3) is 4.72. The molecule has 0 unspecified atom stereocenters. The Morgan fingerprint density at radius 2 is 1.94 bits per heavy atom. The monoisotopic (exact) mass is 437 g/mol. The zero-order valence-electron chi connectivity index (χ0n) is 17.0. The predicted octanol–water partition coefficient (Wildman–Crippen LogP) is 2.61. The molecule has 2 heterocycles. The Bertz CT molecular complexity index is 1100. The molecule has 0 radical (unpaired) electrons. The average molecular weight is 438 g/mol. The van der Waals surface area contributed by atoms with Gasteiger partial charge in [-0.15, -0.1) is 0 Å². The maximum atomic E-state index is 12.8. The van der Waals surface area contributed by atoms with Crippen molar-refractivity contribution in [2.24, 2.45) is 0 Å². The first-order chi connectivity index (χ1) is 15.0. The molecule has 9 heteroatoms. The average Bonchev–Trinajstić information content (AvgIpc) is 3.16. The molecule has 2 aromatic carbocycles. The van der Waals surface area contributed by atoms with Crippen LogP contribution in [0.15, 0.2) is 48.5 Å². The normalized spacial score (nSPS) is 16.7. The highest BCUT2D eigenvalue weighted by Gasteiger charge is 2.30. The second-order valence-corrected chi connectivity index (χ2v) is 8.29. The minimum Gasteiger partial charge on any atom is -0.346 e. The molecule has 4 rings (SSSR count). The Hall–Kier alpha value is -3.33. The van der Waals surface area contributed by atoms with Crippen molar-refractivity contribution in [3.05, 3.63) is 59.9 Å². The van der Waals surface area contributed by atoms with E-state index in [0.717, 1.165) is 16.8 Å². The zero-order chi connectivity index (χ0) is 21.8. The van der Waals surface area contributed by atoms with Crippen molar-refractivity contribution in [2.75, 3.05) is 17.3 Å². The summed E-state index contributed by atoms with van der Waals surface area (Å²) in [6, 6.07) is 13.1. The van der Waals surface area contributed by atoms with E-state index in [4.69, 9.17) is 0 Å². The molecular weight excluding hydrogens is 414 g/mol. The van der Waals surface area contributed by atoms with Crippen LogP contribution in [0.1, 0.15) is 35.1 Å². The van der Waals surface area contributed by atoms with E-state index in [1.165, 1.54) is 0 Å². The second kappa shape index (κ2) is 9.22. The van der Waals surface area contributed by atoms with Crippen LogP contribution in [0.4, 0.5) is 5.69 Å². The van der Waals surface area contributed by atoms with E-state index in [1.54, 1.807) is 36.0 Å². The number of imidazole rings is 1. The molecule has 0 saturated heterocycles. The number of H-pyrrole nitrogens is 1. The second-order valence-electron chi connectivity index (χ2n) is 7.31. The SMILES string of the molecule is CSCC[C@H](NC(=O)C[C@H]1NC(=O)c2ccccc2NC1=O)c1nc2ccccc2[nH]1. The van der Waals surface area contributed by atoms with Crippen LogP contribution >= 0.6 is 11.8 Å². The fourth-order valence-corrected chi connectivity index (χ4v) is 4.02. The lowest BCUT2D eigenvalue weighted by atomic mass is 10.1.